The second-order valence-corrected chi connectivity index (χ2v) is 4.49. The van der Waals surface area contributed by atoms with Gasteiger partial charge in [0.1, 0.15) is 6.61 Å². The highest BCUT2D eigenvalue weighted by molar-refractivity contribution is 6.39. The van der Waals surface area contributed by atoms with Gasteiger partial charge in [-0.15, -0.1) is 12.4 Å². The van der Waals surface area contributed by atoms with Crippen molar-refractivity contribution < 1.29 is 14.7 Å². The van der Waals surface area contributed by atoms with Gasteiger partial charge in [0.2, 0.25) is 5.96 Å². The molecular weight excluding hydrogens is 328 g/mol. The molecule has 0 saturated carbocycles. The van der Waals surface area contributed by atoms with E-state index in [-0.39, 0.29) is 12.4 Å². The molecule has 1 aromatic carbocycles. The number of carbonyl (C=O) groups excluding carboxylic acids is 1. The number of nitrogens with zero attached hydrogens (tertiary/aromatic N) is 2. The standard InChI is InChI=1S/C11H11Cl2N3O3.ClH/c12-7-2-1-3-8(13)10(7)15-11-14-4-5-16(11)19-6-9(17)18;/h1-3H,4-6H2,(H,14,15)(H,17,18);1H/p-1. The molecule has 0 atom stereocenters. The number of carboxylic acids is 1. The molecule has 0 saturated heterocycles. The van der Waals surface area contributed by atoms with Crippen LogP contribution in [0.25, 0.3) is 0 Å². The molecule has 1 aromatic rings. The number of hydrogen-bond donors (Lipinski definition) is 1. The quantitative estimate of drug-likeness (QED) is 0.891. The fourth-order valence-corrected chi connectivity index (χ4v) is 2.01. The van der Waals surface area contributed by atoms with Crippen molar-refractivity contribution in [3.05, 3.63) is 28.2 Å². The molecule has 0 bridgehead atoms. The Balaban J connectivity index is 0.00000200. The minimum atomic E-state index is -1.30. The first-order valence-corrected chi connectivity index (χ1v) is 6.19. The Bertz CT molecular complexity index is 505. The molecule has 0 spiro atoms. The van der Waals surface area contributed by atoms with Gasteiger partial charge in [0, 0.05) is 0 Å². The Morgan fingerprint density at radius 1 is 1.45 bits per heavy atom. The lowest BCUT2D eigenvalue weighted by Gasteiger charge is -2.21. The van der Waals surface area contributed by atoms with E-state index in [1.165, 1.54) is 5.06 Å². The molecule has 0 aliphatic carbocycles. The molecule has 1 aliphatic rings. The van der Waals surface area contributed by atoms with Crippen molar-refractivity contribution in [2.45, 2.75) is 0 Å². The molecule has 110 valence electrons. The molecule has 0 amide bonds. The zero-order valence-electron chi connectivity index (χ0n) is 10.1. The van der Waals surface area contributed by atoms with Gasteiger partial charge in [-0.05, 0) is 12.1 Å². The largest absolute Gasteiger partial charge is 0.548 e. The third-order valence-electron chi connectivity index (χ3n) is 2.34. The number of carbonyl (C=O) groups is 1. The molecule has 1 aliphatic heterocycles. The highest BCUT2D eigenvalue weighted by Gasteiger charge is 2.19. The molecule has 9 heteroatoms. The number of aliphatic imine (C=N–C) groups is 1. The van der Waals surface area contributed by atoms with E-state index in [2.05, 4.69) is 10.3 Å². The van der Waals surface area contributed by atoms with E-state index in [9.17, 15) is 9.90 Å². The van der Waals surface area contributed by atoms with Gasteiger partial charge < -0.3 is 15.2 Å². The van der Waals surface area contributed by atoms with Crippen molar-refractivity contribution in [2.24, 2.45) is 4.99 Å². The Morgan fingerprint density at radius 2 is 2.10 bits per heavy atom. The van der Waals surface area contributed by atoms with E-state index in [1.54, 1.807) is 18.2 Å². The Hall–Kier alpha value is -1.21. The van der Waals surface area contributed by atoms with E-state index in [4.69, 9.17) is 28.0 Å². The number of rotatable bonds is 4. The molecule has 20 heavy (non-hydrogen) atoms. The van der Waals surface area contributed by atoms with Crippen molar-refractivity contribution in [1.29, 1.82) is 0 Å². The second-order valence-electron chi connectivity index (χ2n) is 3.67. The van der Waals surface area contributed by atoms with E-state index in [1.807, 2.05) is 0 Å². The fraction of sp³-hybridized carbons (Fsp3) is 0.273. The molecule has 2 rings (SSSR count). The maximum absolute atomic E-state index is 10.4. The maximum atomic E-state index is 10.4. The van der Waals surface area contributed by atoms with E-state index >= 15 is 0 Å². The van der Waals surface area contributed by atoms with Crippen LogP contribution in [0, 0.1) is 0 Å². The van der Waals surface area contributed by atoms with Crippen LogP contribution in [-0.4, -0.2) is 36.7 Å². The van der Waals surface area contributed by atoms with E-state index < -0.39 is 12.6 Å². The lowest BCUT2D eigenvalue weighted by atomic mass is 10.3. The van der Waals surface area contributed by atoms with Crippen molar-refractivity contribution >= 4 is 53.2 Å². The number of aliphatic carboxylic acids is 1. The van der Waals surface area contributed by atoms with Gasteiger partial charge in [-0.3, -0.25) is 4.84 Å². The normalized spacial score (nSPS) is 13.7. The molecule has 0 radical (unpaired) electrons. The summed E-state index contributed by atoms with van der Waals surface area (Å²) in [6, 6.07) is 5.08. The van der Waals surface area contributed by atoms with Gasteiger partial charge in [-0.2, -0.15) is 0 Å². The van der Waals surface area contributed by atoms with Crippen molar-refractivity contribution in [1.82, 2.24) is 5.06 Å². The first-order chi connectivity index (χ1) is 9.08. The highest BCUT2D eigenvalue weighted by atomic mass is 35.5. The topological polar surface area (TPSA) is 77.0 Å². The number of benzene rings is 1. The van der Waals surface area contributed by atoms with Crippen LogP contribution in [0.4, 0.5) is 5.69 Å². The first kappa shape index (κ1) is 16.8. The van der Waals surface area contributed by atoms with Crippen LogP contribution in [-0.2, 0) is 9.63 Å². The van der Waals surface area contributed by atoms with Gasteiger partial charge in [0.25, 0.3) is 0 Å². The minimum Gasteiger partial charge on any atom is -0.548 e. The van der Waals surface area contributed by atoms with Gasteiger partial charge in [-0.1, -0.05) is 29.3 Å². The molecule has 0 aromatic heterocycles. The average Bonchev–Trinajstić information content (AvgIpc) is 2.79. The highest BCUT2D eigenvalue weighted by Crippen LogP contribution is 2.30. The summed E-state index contributed by atoms with van der Waals surface area (Å²) in [5.74, 6) is -0.946. The maximum Gasteiger partial charge on any atom is 0.223 e. The molecule has 1 N–H and O–H groups in total. The number of hydroxylamine groups is 2. The van der Waals surface area contributed by atoms with Gasteiger partial charge >= 0.3 is 0 Å². The first-order valence-electron chi connectivity index (χ1n) is 5.43. The van der Waals surface area contributed by atoms with Crippen LogP contribution < -0.4 is 10.4 Å². The number of halogens is 3. The third-order valence-corrected chi connectivity index (χ3v) is 2.97. The summed E-state index contributed by atoms with van der Waals surface area (Å²) < 4.78 is 0. The number of nitrogens with one attached hydrogen (secondary N) is 1. The number of para-hydroxylation sites is 1. The van der Waals surface area contributed by atoms with Crippen LogP contribution in [0.2, 0.25) is 10.0 Å². The van der Waals surface area contributed by atoms with Crippen molar-refractivity contribution in [2.75, 3.05) is 25.0 Å². The summed E-state index contributed by atoms with van der Waals surface area (Å²) in [5.41, 5.74) is 0.494. The van der Waals surface area contributed by atoms with Gasteiger partial charge in [0.15, 0.2) is 0 Å². The predicted octanol–water partition coefficient (Wildman–Crippen LogP) is 1.18. The summed E-state index contributed by atoms with van der Waals surface area (Å²) in [5, 5.41) is 15.5. The molecule has 0 fully saturated rings. The van der Waals surface area contributed by atoms with Gasteiger partial charge in [-0.25, -0.2) is 10.1 Å². The smallest absolute Gasteiger partial charge is 0.223 e. The summed E-state index contributed by atoms with van der Waals surface area (Å²) in [6.45, 7) is 0.381. The third kappa shape index (κ3) is 4.14. The van der Waals surface area contributed by atoms with Crippen LogP contribution in [0.3, 0.4) is 0 Å². The summed E-state index contributed by atoms with van der Waals surface area (Å²) in [7, 11) is 0. The van der Waals surface area contributed by atoms with Crippen molar-refractivity contribution in [3.8, 4) is 0 Å². The number of guanidine groups is 1. The van der Waals surface area contributed by atoms with Crippen LogP contribution >= 0.6 is 35.6 Å². The Kier molecular flexibility index (Phi) is 6.35. The van der Waals surface area contributed by atoms with Crippen LogP contribution in [0.5, 0.6) is 0 Å². The van der Waals surface area contributed by atoms with Crippen LogP contribution in [0.15, 0.2) is 23.2 Å². The SMILES string of the molecule is Cl.O=C([O-])CON1CCN=C1Nc1c(Cl)cccc1Cl. The lowest BCUT2D eigenvalue weighted by Crippen LogP contribution is -2.38. The molecular formula is C11H11Cl3N3O3-. The van der Waals surface area contributed by atoms with Gasteiger partial charge in [0.05, 0.1) is 34.8 Å². The zero-order chi connectivity index (χ0) is 13.8. The minimum absolute atomic E-state index is 0. The Labute approximate surface area is 131 Å². The fourth-order valence-electron chi connectivity index (χ4n) is 1.52. The van der Waals surface area contributed by atoms with E-state index in [0.29, 0.717) is 34.8 Å². The van der Waals surface area contributed by atoms with E-state index in [0.717, 1.165) is 0 Å². The van der Waals surface area contributed by atoms with Crippen LogP contribution in [0.1, 0.15) is 0 Å². The number of anilines is 1. The summed E-state index contributed by atoms with van der Waals surface area (Å²) in [4.78, 5) is 19.5. The summed E-state index contributed by atoms with van der Waals surface area (Å²) in [6.07, 6.45) is 0. The summed E-state index contributed by atoms with van der Waals surface area (Å²) >= 11 is 12.0. The monoisotopic (exact) mass is 338 g/mol. The lowest BCUT2D eigenvalue weighted by molar-refractivity contribution is -0.314. The molecule has 0 unspecified atom stereocenters. The second kappa shape index (κ2) is 7.54. The number of carboxylic acid groups (broad SMARTS) is 1. The average molecular weight is 340 g/mol. The van der Waals surface area contributed by atoms with Crippen molar-refractivity contribution in [3.63, 3.8) is 0 Å². The zero-order valence-corrected chi connectivity index (χ0v) is 12.5. The Morgan fingerprint density at radius 3 is 2.70 bits per heavy atom. The molecule has 6 nitrogen and oxygen atoms in total. The molecule has 1 heterocycles. The number of hydrogen-bond acceptors (Lipinski definition) is 6. The predicted molar refractivity (Wildman–Crippen MR) is 77.3 cm³/mol.